The molecule has 1 atom stereocenters. The number of hydrogen-bond acceptors (Lipinski definition) is 5. The number of rotatable bonds is 3. The minimum Gasteiger partial charge on any atom is -0.354 e. The van der Waals surface area contributed by atoms with Gasteiger partial charge in [0.05, 0.1) is 5.56 Å². The third-order valence-corrected chi connectivity index (χ3v) is 4.29. The average molecular weight is 324 g/mol. The summed E-state index contributed by atoms with van der Waals surface area (Å²) in [7, 11) is 0. The van der Waals surface area contributed by atoms with Gasteiger partial charge in [-0.3, -0.25) is 9.48 Å². The number of carbonyl (C=O) groups is 1. The Bertz CT molecular complexity index is 736. The molecule has 1 saturated heterocycles. The Balaban J connectivity index is 1.69. The second-order valence-corrected chi connectivity index (χ2v) is 5.81. The Morgan fingerprint density at radius 2 is 2.12 bits per heavy atom. The van der Waals surface area contributed by atoms with Gasteiger partial charge in [-0.15, -0.1) is 0 Å². The van der Waals surface area contributed by atoms with Crippen LogP contribution in [0.2, 0.25) is 0 Å². The van der Waals surface area contributed by atoms with Crippen molar-refractivity contribution in [1.29, 1.82) is 5.26 Å². The van der Waals surface area contributed by atoms with Crippen molar-refractivity contribution in [3.63, 3.8) is 0 Å². The van der Waals surface area contributed by atoms with Crippen molar-refractivity contribution in [2.24, 2.45) is 0 Å². The molecule has 3 heterocycles. The quantitative estimate of drug-likeness (QED) is 0.854. The van der Waals surface area contributed by atoms with Gasteiger partial charge in [0, 0.05) is 44.8 Å². The molecule has 0 radical (unpaired) electrons. The van der Waals surface area contributed by atoms with E-state index in [1.807, 2.05) is 17.9 Å². The van der Waals surface area contributed by atoms with E-state index in [1.54, 1.807) is 35.4 Å². The zero-order chi connectivity index (χ0) is 16.9. The molecule has 1 aliphatic heterocycles. The molecule has 0 aromatic carbocycles. The maximum absolute atomic E-state index is 12.7. The van der Waals surface area contributed by atoms with Crippen LogP contribution in [0.5, 0.6) is 0 Å². The van der Waals surface area contributed by atoms with Gasteiger partial charge in [0.25, 0.3) is 0 Å². The van der Waals surface area contributed by atoms with Crippen LogP contribution in [0.25, 0.3) is 0 Å². The molecule has 1 amide bonds. The molecule has 0 aliphatic carbocycles. The van der Waals surface area contributed by atoms with Crippen LogP contribution in [-0.2, 0) is 4.79 Å². The lowest BCUT2D eigenvalue weighted by molar-refractivity contribution is -0.134. The lowest BCUT2D eigenvalue weighted by Gasteiger charge is -2.25. The van der Waals surface area contributed by atoms with Crippen LogP contribution in [0.15, 0.2) is 36.8 Å². The molecule has 7 heteroatoms. The molecule has 2 aromatic rings. The van der Waals surface area contributed by atoms with Crippen LogP contribution >= 0.6 is 0 Å². The van der Waals surface area contributed by atoms with Gasteiger partial charge in [-0.2, -0.15) is 10.4 Å². The number of amides is 1. The van der Waals surface area contributed by atoms with E-state index in [0.29, 0.717) is 31.0 Å². The number of anilines is 1. The topological polar surface area (TPSA) is 78.0 Å². The highest BCUT2D eigenvalue weighted by Crippen LogP contribution is 2.19. The molecular weight excluding hydrogens is 304 g/mol. The number of nitrogens with zero attached hydrogens (tertiary/aromatic N) is 6. The fourth-order valence-electron chi connectivity index (χ4n) is 2.97. The van der Waals surface area contributed by atoms with Gasteiger partial charge in [-0.1, -0.05) is 0 Å². The zero-order valence-electron chi connectivity index (χ0n) is 13.7. The maximum atomic E-state index is 12.7. The molecular formula is C17H20N6O. The van der Waals surface area contributed by atoms with E-state index < -0.39 is 0 Å². The summed E-state index contributed by atoms with van der Waals surface area (Å²) in [5.41, 5.74) is 0.571. The van der Waals surface area contributed by atoms with Crippen molar-refractivity contribution >= 4 is 11.7 Å². The molecule has 1 fully saturated rings. The fourth-order valence-corrected chi connectivity index (χ4v) is 2.97. The minimum atomic E-state index is -0.309. The van der Waals surface area contributed by atoms with Crippen molar-refractivity contribution in [2.45, 2.75) is 19.4 Å². The second-order valence-electron chi connectivity index (χ2n) is 5.81. The van der Waals surface area contributed by atoms with E-state index in [2.05, 4.69) is 21.1 Å². The molecule has 0 bridgehead atoms. The number of hydrogen-bond donors (Lipinski definition) is 0. The van der Waals surface area contributed by atoms with Gasteiger partial charge in [0.15, 0.2) is 0 Å². The van der Waals surface area contributed by atoms with Crippen LogP contribution in [0.4, 0.5) is 5.82 Å². The molecule has 0 unspecified atom stereocenters. The Hall–Kier alpha value is -2.88. The van der Waals surface area contributed by atoms with E-state index >= 15 is 0 Å². The van der Waals surface area contributed by atoms with Gasteiger partial charge < -0.3 is 9.80 Å². The fraction of sp³-hybridized carbons (Fsp3) is 0.412. The first-order chi connectivity index (χ1) is 11.7. The van der Waals surface area contributed by atoms with Crippen LogP contribution < -0.4 is 4.90 Å². The first-order valence-electron chi connectivity index (χ1n) is 8.08. The van der Waals surface area contributed by atoms with Crippen molar-refractivity contribution in [2.75, 3.05) is 31.1 Å². The van der Waals surface area contributed by atoms with Crippen molar-refractivity contribution in [3.8, 4) is 6.07 Å². The summed E-state index contributed by atoms with van der Waals surface area (Å²) < 4.78 is 1.68. The Kier molecular flexibility index (Phi) is 4.75. The largest absolute Gasteiger partial charge is 0.354 e. The lowest BCUT2D eigenvalue weighted by Crippen LogP contribution is -2.39. The summed E-state index contributed by atoms with van der Waals surface area (Å²) in [4.78, 5) is 21.0. The third kappa shape index (κ3) is 3.23. The number of aromatic nitrogens is 3. The van der Waals surface area contributed by atoms with E-state index in [4.69, 9.17) is 0 Å². The van der Waals surface area contributed by atoms with Crippen LogP contribution in [-0.4, -0.2) is 51.8 Å². The number of pyridine rings is 1. The summed E-state index contributed by atoms with van der Waals surface area (Å²) >= 11 is 0. The van der Waals surface area contributed by atoms with Crippen molar-refractivity contribution in [3.05, 3.63) is 42.4 Å². The highest BCUT2D eigenvalue weighted by atomic mass is 16.2. The molecule has 24 heavy (non-hydrogen) atoms. The van der Waals surface area contributed by atoms with Gasteiger partial charge in [0.1, 0.15) is 17.9 Å². The molecule has 0 saturated carbocycles. The Morgan fingerprint density at radius 1 is 1.25 bits per heavy atom. The number of carbonyl (C=O) groups excluding carboxylic acids is 1. The first kappa shape index (κ1) is 16.0. The lowest BCUT2D eigenvalue weighted by atomic mass is 10.2. The van der Waals surface area contributed by atoms with Crippen LogP contribution in [0.3, 0.4) is 0 Å². The highest BCUT2D eigenvalue weighted by molar-refractivity contribution is 5.80. The highest BCUT2D eigenvalue weighted by Gasteiger charge is 2.25. The molecule has 3 rings (SSSR count). The van der Waals surface area contributed by atoms with Gasteiger partial charge in [0.2, 0.25) is 5.91 Å². The summed E-state index contributed by atoms with van der Waals surface area (Å²) in [6, 6.07) is 7.24. The smallest absolute Gasteiger partial charge is 0.247 e. The van der Waals surface area contributed by atoms with Gasteiger partial charge >= 0.3 is 0 Å². The minimum absolute atomic E-state index is 0.0714. The van der Waals surface area contributed by atoms with Crippen LogP contribution in [0, 0.1) is 11.3 Å². The van der Waals surface area contributed by atoms with E-state index in [9.17, 15) is 10.1 Å². The molecule has 7 nitrogen and oxygen atoms in total. The zero-order valence-corrected chi connectivity index (χ0v) is 13.7. The van der Waals surface area contributed by atoms with E-state index in [1.165, 1.54) is 0 Å². The predicted octanol–water partition coefficient (Wildman–Crippen LogP) is 1.45. The monoisotopic (exact) mass is 324 g/mol. The molecule has 0 N–H and O–H groups in total. The molecule has 1 aliphatic rings. The average Bonchev–Trinajstić information content (AvgIpc) is 3.05. The standard InChI is InChI=1S/C17H20N6O/c1-14(23-10-3-7-20-23)17(24)22-9-4-8-21(11-12-22)16-15(13-18)5-2-6-19-16/h2-3,5-7,10,14H,4,8-9,11-12H2,1H3/t14-/m1/s1. The summed E-state index contributed by atoms with van der Waals surface area (Å²) in [5.74, 6) is 0.775. The summed E-state index contributed by atoms with van der Waals surface area (Å²) in [6.07, 6.45) is 6.03. The molecule has 2 aromatic heterocycles. The SMILES string of the molecule is C[C@H](C(=O)N1CCCN(c2ncccc2C#N)CC1)n1cccn1. The third-order valence-electron chi connectivity index (χ3n) is 4.29. The summed E-state index contributed by atoms with van der Waals surface area (Å²) in [6.45, 7) is 4.64. The van der Waals surface area contributed by atoms with Gasteiger partial charge in [-0.05, 0) is 31.5 Å². The summed E-state index contributed by atoms with van der Waals surface area (Å²) in [5, 5.41) is 13.4. The Morgan fingerprint density at radius 3 is 2.88 bits per heavy atom. The number of nitriles is 1. The molecule has 0 spiro atoms. The van der Waals surface area contributed by atoms with E-state index in [-0.39, 0.29) is 11.9 Å². The van der Waals surface area contributed by atoms with Crippen LogP contribution in [0.1, 0.15) is 24.9 Å². The normalized spacial score (nSPS) is 16.3. The maximum Gasteiger partial charge on any atom is 0.247 e. The van der Waals surface area contributed by atoms with Crippen molar-refractivity contribution < 1.29 is 4.79 Å². The first-order valence-corrected chi connectivity index (χ1v) is 8.08. The second kappa shape index (κ2) is 7.13. The van der Waals surface area contributed by atoms with E-state index in [0.717, 1.165) is 13.0 Å². The van der Waals surface area contributed by atoms with Crippen molar-refractivity contribution in [1.82, 2.24) is 19.7 Å². The Labute approximate surface area is 141 Å². The van der Waals surface area contributed by atoms with Gasteiger partial charge in [-0.25, -0.2) is 4.98 Å². The predicted molar refractivity (Wildman–Crippen MR) is 89.3 cm³/mol. The molecule has 124 valence electrons.